The highest BCUT2D eigenvalue weighted by atomic mass is 32.1. The van der Waals surface area contributed by atoms with Crippen LogP contribution in [-0.4, -0.2) is 74.4 Å². The maximum Gasteiger partial charge on any atom is 0.260 e. The molecule has 5 heterocycles. The molecule has 1 aliphatic heterocycles. The summed E-state index contributed by atoms with van der Waals surface area (Å²) >= 11 is 1.47. The first-order valence-corrected chi connectivity index (χ1v) is 13.8. The third kappa shape index (κ3) is 6.35. The lowest BCUT2D eigenvalue weighted by molar-refractivity contribution is -0.116. The van der Waals surface area contributed by atoms with Crippen LogP contribution in [0, 0.1) is 12.3 Å². The summed E-state index contributed by atoms with van der Waals surface area (Å²) in [4.78, 5) is 34.2. The van der Waals surface area contributed by atoms with Gasteiger partial charge in [-0.05, 0) is 31.4 Å². The zero-order chi connectivity index (χ0) is 27.6. The Kier molecular flexibility index (Phi) is 7.78. The number of carbonyl (C=O) groups excluding carboxylic acids is 2. The number of anilines is 2. The number of pyridine rings is 1. The number of aryl methyl sites for hydroxylation is 1. The van der Waals surface area contributed by atoms with Gasteiger partial charge in [0.25, 0.3) is 5.91 Å². The predicted octanol–water partition coefficient (Wildman–Crippen LogP) is 3.92. The van der Waals surface area contributed by atoms with Gasteiger partial charge in [0.1, 0.15) is 4.83 Å². The summed E-state index contributed by atoms with van der Waals surface area (Å²) in [5.74, 6) is -0.364. The molecule has 0 aromatic carbocycles. The fourth-order valence-electron chi connectivity index (χ4n) is 4.69. The Labute approximate surface area is 231 Å². The van der Waals surface area contributed by atoms with Crippen LogP contribution in [0.4, 0.5) is 11.4 Å². The number of nitrogens with one attached hydrogen (secondary N) is 2. The number of aromatic nitrogens is 5. The number of amides is 2. The highest BCUT2D eigenvalue weighted by molar-refractivity contribution is 7.21. The first kappa shape index (κ1) is 27.0. The monoisotopic (exact) mass is 550 g/mol. The van der Waals surface area contributed by atoms with Crippen molar-refractivity contribution in [1.82, 2.24) is 29.3 Å². The summed E-state index contributed by atoms with van der Waals surface area (Å²) in [6.45, 7) is 10.3. The number of methoxy groups -OCH3 is 1. The van der Waals surface area contributed by atoms with Crippen molar-refractivity contribution in [1.29, 1.82) is 0 Å². The molecule has 0 radical (unpaired) electrons. The van der Waals surface area contributed by atoms with Gasteiger partial charge in [-0.1, -0.05) is 13.8 Å². The van der Waals surface area contributed by atoms with Crippen LogP contribution in [0.5, 0.6) is 0 Å². The van der Waals surface area contributed by atoms with Crippen molar-refractivity contribution in [2.45, 2.75) is 40.2 Å². The Morgan fingerprint density at radius 1 is 1.13 bits per heavy atom. The molecule has 0 unspecified atom stereocenters. The van der Waals surface area contributed by atoms with Gasteiger partial charge in [-0.25, -0.2) is 4.52 Å². The van der Waals surface area contributed by atoms with E-state index in [2.05, 4.69) is 44.6 Å². The predicted molar refractivity (Wildman–Crippen MR) is 151 cm³/mol. The van der Waals surface area contributed by atoms with E-state index in [1.807, 2.05) is 24.0 Å². The zero-order valence-corrected chi connectivity index (χ0v) is 23.5. The molecule has 12 heteroatoms. The van der Waals surface area contributed by atoms with E-state index in [1.165, 1.54) is 11.3 Å². The lowest BCUT2D eigenvalue weighted by Crippen LogP contribution is -2.27. The molecule has 0 atom stereocenters. The Morgan fingerprint density at radius 2 is 1.97 bits per heavy atom. The maximum absolute atomic E-state index is 13.2. The van der Waals surface area contributed by atoms with Crippen LogP contribution in [0.15, 0.2) is 37.1 Å². The molecule has 0 aliphatic carbocycles. The van der Waals surface area contributed by atoms with Crippen LogP contribution < -0.4 is 10.6 Å². The van der Waals surface area contributed by atoms with Crippen molar-refractivity contribution in [3.63, 3.8) is 0 Å². The van der Waals surface area contributed by atoms with Gasteiger partial charge in [0.05, 0.1) is 59.3 Å². The summed E-state index contributed by atoms with van der Waals surface area (Å²) in [6.07, 6.45) is 10.4. The van der Waals surface area contributed by atoms with Crippen molar-refractivity contribution in [3.8, 4) is 10.4 Å². The highest BCUT2D eigenvalue weighted by Crippen LogP contribution is 2.31. The number of hydrogen-bond donors (Lipinski definition) is 2. The second kappa shape index (κ2) is 11.2. The van der Waals surface area contributed by atoms with E-state index in [-0.39, 0.29) is 11.8 Å². The molecule has 5 rings (SSSR count). The third-order valence-corrected chi connectivity index (χ3v) is 8.07. The lowest BCUT2D eigenvalue weighted by Gasteiger charge is -2.19. The Hall–Kier alpha value is -3.61. The summed E-state index contributed by atoms with van der Waals surface area (Å²) in [5, 5.41) is 14.6. The second-order valence-corrected chi connectivity index (χ2v) is 11.7. The average molecular weight is 551 g/mol. The van der Waals surface area contributed by atoms with Crippen LogP contribution >= 0.6 is 11.3 Å². The van der Waals surface area contributed by atoms with E-state index in [4.69, 9.17) is 4.74 Å². The van der Waals surface area contributed by atoms with E-state index in [1.54, 1.807) is 36.3 Å². The van der Waals surface area contributed by atoms with Crippen LogP contribution in [0.25, 0.3) is 15.3 Å². The quantitative estimate of drug-likeness (QED) is 0.307. The number of rotatable bonds is 10. The van der Waals surface area contributed by atoms with Gasteiger partial charge >= 0.3 is 0 Å². The van der Waals surface area contributed by atoms with Crippen LogP contribution in [0.2, 0.25) is 0 Å². The fourth-order valence-corrected chi connectivity index (χ4v) is 5.72. The fraction of sp³-hybridized carbons (Fsp3) is 0.444. The van der Waals surface area contributed by atoms with Gasteiger partial charge in [-0.15, -0.1) is 11.3 Å². The van der Waals surface area contributed by atoms with E-state index in [0.29, 0.717) is 47.6 Å². The van der Waals surface area contributed by atoms with E-state index in [9.17, 15) is 9.59 Å². The number of ether oxygens (including phenoxy) is 1. The summed E-state index contributed by atoms with van der Waals surface area (Å²) in [7, 11) is 1.66. The van der Waals surface area contributed by atoms with Gasteiger partial charge in [0.2, 0.25) is 5.91 Å². The standard InChI is InChI=1S/C27H34N8O3S/c1-18-22(11-20(13-28-18)31-24(36)5-7-33-8-6-27(2,3)17-33)32-25(37)21-14-30-35-16-23(39-26(21)35)19-12-29-34(15-19)9-10-38-4/h11-16H,5-10,17H2,1-4H3,(H,31,36)(H,32,37). The third-order valence-electron chi connectivity index (χ3n) is 6.91. The number of carbonyl (C=O) groups is 2. The molecule has 1 fully saturated rings. The molecule has 206 valence electrons. The Morgan fingerprint density at radius 3 is 2.74 bits per heavy atom. The van der Waals surface area contributed by atoms with Gasteiger partial charge in [0, 0.05) is 44.6 Å². The zero-order valence-electron chi connectivity index (χ0n) is 22.7. The molecule has 4 aromatic rings. The number of nitrogens with zero attached hydrogens (tertiary/aromatic N) is 6. The van der Waals surface area contributed by atoms with Crippen molar-refractivity contribution in [2.24, 2.45) is 5.41 Å². The van der Waals surface area contributed by atoms with Crippen molar-refractivity contribution in [3.05, 3.63) is 48.3 Å². The first-order chi connectivity index (χ1) is 18.7. The Bertz CT molecular complexity index is 1490. The molecule has 2 amide bonds. The number of fused-ring (bicyclic) bond motifs is 1. The van der Waals surface area contributed by atoms with E-state index < -0.39 is 0 Å². The molecule has 4 aromatic heterocycles. The summed E-state index contributed by atoms with van der Waals surface area (Å²) < 4.78 is 8.64. The maximum atomic E-state index is 13.2. The molecule has 1 saturated heterocycles. The molecular formula is C27H34N8O3S. The molecular weight excluding hydrogens is 516 g/mol. The van der Waals surface area contributed by atoms with Crippen molar-refractivity contribution in [2.75, 3.05) is 44.0 Å². The van der Waals surface area contributed by atoms with Crippen LogP contribution in [0.3, 0.4) is 0 Å². The normalized spacial score (nSPS) is 15.2. The largest absolute Gasteiger partial charge is 0.383 e. The Balaban J connectivity index is 1.23. The molecule has 0 spiro atoms. The smallest absolute Gasteiger partial charge is 0.260 e. The number of thiazole rings is 1. The second-order valence-electron chi connectivity index (χ2n) is 10.7. The molecule has 2 N–H and O–H groups in total. The van der Waals surface area contributed by atoms with Gasteiger partial charge in [-0.3, -0.25) is 19.3 Å². The highest BCUT2D eigenvalue weighted by Gasteiger charge is 2.29. The summed E-state index contributed by atoms with van der Waals surface area (Å²) in [6, 6.07) is 1.74. The van der Waals surface area contributed by atoms with Crippen LogP contribution in [0.1, 0.15) is 42.7 Å². The van der Waals surface area contributed by atoms with Crippen molar-refractivity contribution < 1.29 is 14.3 Å². The number of likely N-dealkylation sites (tertiary alicyclic amines) is 1. The minimum absolute atomic E-state index is 0.0716. The number of hydrogen-bond acceptors (Lipinski definition) is 8. The first-order valence-electron chi connectivity index (χ1n) is 13.0. The topological polar surface area (TPSA) is 119 Å². The van der Waals surface area contributed by atoms with Gasteiger partial charge in [-0.2, -0.15) is 10.2 Å². The molecule has 0 bridgehead atoms. The molecule has 11 nitrogen and oxygen atoms in total. The van der Waals surface area contributed by atoms with Gasteiger partial charge in [0.15, 0.2) is 0 Å². The minimum Gasteiger partial charge on any atom is -0.383 e. The van der Waals surface area contributed by atoms with E-state index >= 15 is 0 Å². The van der Waals surface area contributed by atoms with E-state index in [0.717, 1.165) is 41.3 Å². The molecule has 39 heavy (non-hydrogen) atoms. The SMILES string of the molecule is COCCn1cc(-c2cn3ncc(C(=O)Nc4cc(NC(=O)CCN5CCC(C)(C)C5)cnc4C)c3s2)cn1. The van der Waals surface area contributed by atoms with Crippen molar-refractivity contribution >= 4 is 39.4 Å². The van der Waals surface area contributed by atoms with Crippen LogP contribution in [-0.2, 0) is 16.1 Å². The summed E-state index contributed by atoms with van der Waals surface area (Å²) in [5.41, 5.74) is 3.45. The average Bonchev–Trinajstić information content (AvgIpc) is 3.67. The lowest BCUT2D eigenvalue weighted by atomic mass is 9.93. The molecule has 1 aliphatic rings. The molecule has 0 saturated carbocycles. The minimum atomic E-state index is -0.292. The van der Waals surface area contributed by atoms with Gasteiger partial charge < -0.3 is 20.3 Å².